The van der Waals surface area contributed by atoms with Crippen LogP contribution in [0.25, 0.3) is 0 Å². The fourth-order valence-electron chi connectivity index (χ4n) is 3.14. The van der Waals surface area contributed by atoms with Gasteiger partial charge in [-0.15, -0.1) is 0 Å². The van der Waals surface area contributed by atoms with Gasteiger partial charge in [-0.3, -0.25) is 9.59 Å². The number of benzene rings is 1. The van der Waals surface area contributed by atoms with Crippen LogP contribution in [0.2, 0.25) is 0 Å². The molecule has 2 atom stereocenters. The summed E-state index contributed by atoms with van der Waals surface area (Å²) in [6.45, 7) is 2.72. The Kier molecular flexibility index (Phi) is 5.41. The standard InChI is InChI=1S/C17H24N2O3/c1-3-4-11-19-15(20)10-9-13(17(18)21)16(19)12-7-5-6-8-14(12)22-2/h5-8,13,16H,3-4,9-11H2,1-2H3,(H2,18,21). The van der Waals surface area contributed by atoms with Gasteiger partial charge < -0.3 is 15.4 Å². The van der Waals surface area contributed by atoms with Gasteiger partial charge in [-0.1, -0.05) is 31.5 Å². The number of primary amides is 1. The molecule has 0 radical (unpaired) electrons. The number of hydrogen-bond donors (Lipinski definition) is 1. The molecule has 1 fully saturated rings. The molecule has 0 bridgehead atoms. The molecule has 5 heteroatoms. The Bertz CT molecular complexity index is 544. The van der Waals surface area contributed by atoms with E-state index in [0.29, 0.717) is 25.1 Å². The van der Waals surface area contributed by atoms with Crippen molar-refractivity contribution in [2.45, 2.75) is 38.6 Å². The summed E-state index contributed by atoms with van der Waals surface area (Å²) in [4.78, 5) is 26.1. The van der Waals surface area contributed by atoms with E-state index in [2.05, 4.69) is 6.92 Å². The van der Waals surface area contributed by atoms with E-state index >= 15 is 0 Å². The van der Waals surface area contributed by atoms with Crippen LogP contribution >= 0.6 is 0 Å². The van der Waals surface area contributed by atoms with Crippen molar-refractivity contribution in [3.8, 4) is 5.75 Å². The summed E-state index contributed by atoms with van der Waals surface area (Å²) < 4.78 is 5.42. The van der Waals surface area contributed by atoms with Gasteiger partial charge in [0, 0.05) is 18.5 Å². The minimum Gasteiger partial charge on any atom is -0.496 e. The largest absolute Gasteiger partial charge is 0.496 e. The third kappa shape index (κ3) is 3.24. The first-order valence-electron chi connectivity index (χ1n) is 7.81. The lowest BCUT2D eigenvalue weighted by atomic mass is 9.83. The highest BCUT2D eigenvalue weighted by molar-refractivity contribution is 5.84. The third-order valence-electron chi connectivity index (χ3n) is 4.28. The number of rotatable bonds is 6. The fourth-order valence-corrected chi connectivity index (χ4v) is 3.14. The van der Waals surface area contributed by atoms with Gasteiger partial charge in [0.25, 0.3) is 0 Å². The molecule has 1 aliphatic heterocycles. The number of carbonyl (C=O) groups is 2. The number of ether oxygens (including phenoxy) is 1. The zero-order valence-electron chi connectivity index (χ0n) is 13.2. The molecular weight excluding hydrogens is 280 g/mol. The van der Waals surface area contributed by atoms with Crippen LogP contribution in [0, 0.1) is 5.92 Å². The molecule has 2 amide bonds. The summed E-state index contributed by atoms with van der Waals surface area (Å²) in [6.07, 6.45) is 2.77. The average molecular weight is 304 g/mol. The lowest BCUT2D eigenvalue weighted by Crippen LogP contribution is -2.47. The van der Waals surface area contributed by atoms with E-state index in [4.69, 9.17) is 10.5 Å². The van der Waals surface area contributed by atoms with Gasteiger partial charge in [0.1, 0.15) is 5.75 Å². The van der Waals surface area contributed by atoms with Crippen molar-refractivity contribution in [1.29, 1.82) is 0 Å². The molecule has 0 aliphatic carbocycles. The third-order valence-corrected chi connectivity index (χ3v) is 4.28. The van der Waals surface area contributed by atoms with Crippen molar-refractivity contribution >= 4 is 11.8 Å². The Morgan fingerprint density at radius 2 is 2.14 bits per heavy atom. The van der Waals surface area contributed by atoms with Gasteiger partial charge in [0.2, 0.25) is 11.8 Å². The number of para-hydroxylation sites is 1. The van der Waals surface area contributed by atoms with Gasteiger partial charge >= 0.3 is 0 Å². The van der Waals surface area contributed by atoms with E-state index in [9.17, 15) is 9.59 Å². The van der Waals surface area contributed by atoms with Crippen molar-refractivity contribution < 1.29 is 14.3 Å². The number of piperidine rings is 1. The van der Waals surface area contributed by atoms with E-state index in [1.165, 1.54) is 0 Å². The minimum atomic E-state index is -0.370. The fraction of sp³-hybridized carbons (Fsp3) is 0.529. The number of likely N-dealkylation sites (tertiary alicyclic amines) is 1. The predicted octanol–water partition coefficient (Wildman–Crippen LogP) is 2.26. The summed E-state index contributed by atoms with van der Waals surface area (Å²) >= 11 is 0. The van der Waals surface area contributed by atoms with Gasteiger partial charge in [-0.2, -0.15) is 0 Å². The van der Waals surface area contributed by atoms with Crippen molar-refractivity contribution in [2.75, 3.05) is 13.7 Å². The molecule has 1 aromatic rings. The number of methoxy groups -OCH3 is 1. The first-order chi connectivity index (χ1) is 10.6. The van der Waals surface area contributed by atoms with Crippen molar-refractivity contribution in [3.63, 3.8) is 0 Å². The van der Waals surface area contributed by atoms with Crippen LogP contribution in [0.15, 0.2) is 24.3 Å². The molecular formula is C17H24N2O3. The maximum Gasteiger partial charge on any atom is 0.223 e. The maximum atomic E-state index is 12.4. The van der Waals surface area contributed by atoms with Crippen molar-refractivity contribution in [3.05, 3.63) is 29.8 Å². The van der Waals surface area contributed by atoms with E-state index in [-0.39, 0.29) is 23.8 Å². The Morgan fingerprint density at radius 1 is 1.41 bits per heavy atom. The minimum absolute atomic E-state index is 0.0851. The number of nitrogens with two attached hydrogens (primary N) is 1. The first kappa shape index (κ1) is 16.3. The maximum absolute atomic E-state index is 12.4. The summed E-state index contributed by atoms with van der Waals surface area (Å²) in [7, 11) is 1.60. The summed E-state index contributed by atoms with van der Waals surface area (Å²) in [5.74, 6) is 0.0487. The molecule has 1 heterocycles. The Labute approximate surface area is 131 Å². The van der Waals surface area contributed by atoms with Gasteiger partial charge in [-0.25, -0.2) is 0 Å². The number of unbranched alkanes of at least 4 members (excludes halogenated alkanes) is 1. The lowest BCUT2D eigenvalue weighted by molar-refractivity contribution is -0.142. The molecule has 0 spiro atoms. The van der Waals surface area contributed by atoms with Crippen LogP contribution in [0.1, 0.15) is 44.2 Å². The van der Waals surface area contributed by atoms with Gasteiger partial charge in [0.05, 0.1) is 19.1 Å². The SMILES string of the molecule is CCCCN1C(=O)CCC(C(N)=O)C1c1ccccc1OC. The van der Waals surface area contributed by atoms with Crippen LogP contribution < -0.4 is 10.5 Å². The Hall–Kier alpha value is -2.04. The van der Waals surface area contributed by atoms with Crippen molar-refractivity contribution in [2.24, 2.45) is 11.7 Å². The highest BCUT2D eigenvalue weighted by Gasteiger charge is 2.40. The van der Waals surface area contributed by atoms with Gasteiger partial charge in [-0.05, 0) is 18.9 Å². The molecule has 1 aliphatic rings. The molecule has 2 N–H and O–H groups in total. The molecule has 1 saturated heterocycles. The predicted molar refractivity (Wildman–Crippen MR) is 84.3 cm³/mol. The number of hydrogen-bond acceptors (Lipinski definition) is 3. The van der Waals surface area contributed by atoms with Crippen LogP contribution in [-0.2, 0) is 9.59 Å². The van der Waals surface area contributed by atoms with E-state index in [0.717, 1.165) is 18.4 Å². The van der Waals surface area contributed by atoms with Crippen LogP contribution in [0.5, 0.6) is 5.75 Å². The smallest absolute Gasteiger partial charge is 0.223 e. The molecule has 2 rings (SSSR count). The second-order valence-electron chi connectivity index (χ2n) is 5.68. The number of carbonyl (C=O) groups excluding carboxylic acids is 2. The second kappa shape index (κ2) is 7.29. The zero-order valence-corrected chi connectivity index (χ0v) is 13.2. The second-order valence-corrected chi connectivity index (χ2v) is 5.68. The van der Waals surface area contributed by atoms with E-state index in [1.54, 1.807) is 12.0 Å². The zero-order chi connectivity index (χ0) is 16.1. The molecule has 120 valence electrons. The first-order valence-corrected chi connectivity index (χ1v) is 7.81. The molecule has 2 unspecified atom stereocenters. The lowest BCUT2D eigenvalue weighted by Gasteiger charge is -2.40. The quantitative estimate of drug-likeness (QED) is 0.876. The average Bonchev–Trinajstić information content (AvgIpc) is 2.53. The molecule has 0 aromatic heterocycles. The van der Waals surface area contributed by atoms with Gasteiger partial charge in [0.15, 0.2) is 0 Å². The topological polar surface area (TPSA) is 72.6 Å². The number of nitrogens with zero attached hydrogens (tertiary/aromatic N) is 1. The van der Waals surface area contributed by atoms with E-state index in [1.807, 2.05) is 24.3 Å². The highest BCUT2D eigenvalue weighted by atomic mass is 16.5. The monoisotopic (exact) mass is 304 g/mol. The normalized spacial score (nSPS) is 21.7. The summed E-state index contributed by atoms with van der Waals surface area (Å²) in [5, 5.41) is 0. The Balaban J connectivity index is 2.44. The van der Waals surface area contributed by atoms with Crippen molar-refractivity contribution in [1.82, 2.24) is 4.90 Å². The van der Waals surface area contributed by atoms with E-state index < -0.39 is 0 Å². The highest BCUT2D eigenvalue weighted by Crippen LogP contribution is 2.40. The molecule has 22 heavy (non-hydrogen) atoms. The van der Waals surface area contributed by atoms with Crippen LogP contribution in [0.3, 0.4) is 0 Å². The summed E-state index contributed by atoms with van der Waals surface area (Å²) in [5.41, 5.74) is 6.46. The van der Waals surface area contributed by atoms with Crippen LogP contribution in [-0.4, -0.2) is 30.4 Å². The summed E-state index contributed by atoms with van der Waals surface area (Å²) in [6, 6.07) is 7.21. The molecule has 5 nitrogen and oxygen atoms in total. The molecule has 0 saturated carbocycles. The Morgan fingerprint density at radius 3 is 2.77 bits per heavy atom. The molecule has 1 aromatic carbocycles. The van der Waals surface area contributed by atoms with Crippen LogP contribution in [0.4, 0.5) is 0 Å². The number of amides is 2.